The van der Waals surface area contributed by atoms with Gasteiger partial charge in [0.15, 0.2) is 0 Å². The highest BCUT2D eigenvalue weighted by Crippen LogP contribution is 2.64. The summed E-state index contributed by atoms with van der Waals surface area (Å²) in [7, 11) is -8.68. The highest BCUT2D eigenvalue weighted by atomic mass is 32.2. The van der Waals surface area contributed by atoms with E-state index in [1.807, 2.05) is 12.1 Å². The molecule has 3 aromatic carbocycles. The van der Waals surface area contributed by atoms with Crippen molar-refractivity contribution in [3.63, 3.8) is 0 Å². The molecule has 254 valence electrons. The lowest BCUT2D eigenvalue weighted by molar-refractivity contribution is -0.160. The summed E-state index contributed by atoms with van der Waals surface area (Å²) in [5.74, 6) is -0.230. The number of benzene rings is 3. The van der Waals surface area contributed by atoms with Crippen LogP contribution in [0, 0.1) is 30.1 Å². The summed E-state index contributed by atoms with van der Waals surface area (Å²) < 4.78 is 73.7. The fraction of sp³-hybridized carbons (Fsp3) is 0.500. The van der Waals surface area contributed by atoms with Crippen LogP contribution in [-0.2, 0) is 29.8 Å². The van der Waals surface area contributed by atoms with Crippen LogP contribution >= 0.6 is 0 Å². The SMILES string of the molecule is Cc1cc(S(=O)(=O)O)c(C(C)C)cc1OS(=O)(=O)C12CC3CC(CC(COC(=O)C4CC5c6ccccc6C4c4ccccc45)(C3)C1)C2. The van der Waals surface area contributed by atoms with E-state index in [-0.39, 0.29) is 58.7 Å². The largest absolute Gasteiger partial charge is 0.465 e. The molecule has 7 aliphatic carbocycles. The number of hydrogen-bond donors (Lipinski definition) is 1. The van der Waals surface area contributed by atoms with Crippen molar-refractivity contribution in [2.24, 2.45) is 23.2 Å². The van der Waals surface area contributed by atoms with Gasteiger partial charge in [-0.1, -0.05) is 62.4 Å². The predicted molar refractivity (Wildman–Crippen MR) is 180 cm³/mol. The van der Waals surface area contributed by atoms with Gasteiger partial charge in [-0.15, -0.1) is 0 Å². The fourth-order valence-electron chi connectivity index (χ4n) is 10.7. The van der Waals surface area contributed by atoms with Gasteiger partial charge < -0.3 is 8.92 Å². The first-order valence-electron chi connectivity index (χ1n) is 17.1. The summed E-state index contributed by atoms with van der Waals surface area (Å²) in [6, 6.07) is 19.6. The van der Waals surface area contributed by atoms with Gasteiger partial charge in [0, 0.05) is 17.3 Å². The molecule has 0 aromatic heterocycles. The molecule has 10 heteroatoms. The molecule has 0 radical (unpaired) electrons. The van der Waals surface area contributed by atoms with E-state index in [0.717, 1.165) is 19.3 Å². The lowest BCUT2D eigenvalue weighted by Gasteiger charge is -2.60. The molecular weight excluding hydrogens is 649 g/mol. The Balaban J connectivity index is 1.05. The van der Waals surface area contributed by atoms with E-state index in [9.17, 15) is 26.2 Å². The van der Waals surface area contributed by atoms with Crippen molar-refractivity contribution in [1.82, 2.24) is 0 Å². The van der Waals surface area contributed by atoms with Gasteiger partial charge in [0.25, 0.3) is 10.1 Å². The molecule has 0 heterocycles. The van der Waals surface area contributed by atoms with Crippen LogP contribution in [-0.4, -0.2) is 38.7 Å². The van der Waals surface area contributed by atoms with E-state index >= 15 is 0 Å². The zero-order chi connectivity index (χ0) is 33.8. The van der Waals surface area contributed by atoms with Crippen LogP contribution in [0.25, 0.3) is 0 Å². The summed E-state index contributed by atoms with van der Waals surface area (Å²) in [5.41, 5.74) is 5.16. The Morgan fingerprint density at radius 3 is 2.02 bits per heavy atom. The van der Waals surface area contributed by atoms with Crippen LogP contribution < -0.4 is 4.18 Å². The normalized spacial score (nSPS) is 31.4. The Morgan fingerprint density at radius 2 is 1.46 bits per heavy atom. The molecule has 4 saturated carbocycles. The molecule has 0 saturated heterocycles. The number of carbonyl (C=O) groups excluding carboxylic acids is 1. The third-order valence-electron chi connectivity index (χ3n) is 12.2. The quantitative estimate of drug-likeness (QED) is 0.149. The lowest BCUT2D eigenvalue weighted by Crippen LogP contribution is -2.61. The summed E-state index contributed by atoms with van der Waals surface area (Å²) >= 11 is 0. The molecule has 1 N–H and O–H groups in total. The van der Waals surface area contributed by atoms with Crippen molar-refractivity contribution in [3.05, 3.63) is 94.0 Å². The Bertz CT molecular complexity index is 1990. The van der Waals surface area contributed by atoms with Crippen molar-refractivity contribution < 1.29 is 35.1 Å². The number of fused-ring (bicyclic) bond motifs is 1. The molecular formula is C38H42O8S2. The number of ether oxygens (including phenoxy) is 1. The molecule has 8 nitrogen and oxygen atoms in total. The van der Waals surface area contributed by atoms with E-state index in [0.29, 0.717) is 36.8 Å². The number of aryl methyl sites for hydroxylation is 1. The first-order valence-corrected chi connectivity index (χ1v) is 19.9. The van der Waals surface area contributed by atoms with Crippen molar-refractivity contribution in [2.75, 3.05) is 6.61 Å². The molecule has 3 atom stereocenters. The van der Waals surface area contributed by atoms with Crippen LogP contribution in [0.5, 0.6) is 5.75 Å². The van der Waals surface area contributed by atoms with Gasteiger partial charge in [0.05, 0.1) is 17.4 Å². The van der Waals surface area contributed by atoms with Gasteiger partial charge in [-0.25, -0.2) is 0 Å². The number of hydrogen-bond acceptors (Lipinski definition) is 7. The predicted octanol–water partition coefficient (Wildman–Crippen LogP) is 7.25. The van der Waals surface area contributed by atoms with Gasteiger partial charge in [-0.3, -0.25) is 9.35 Å². The first-order chi connectivity index (χ1) is 22.7. The maximum Gasteiger partial charge on any atom is 0.315 e. The average Bonchev–Trinajstić information content (AvgIpc) is 3.03. The molecule has 48 heavy (non-hydrogen) atoms. The Hall–Kier alpha value is -3.21. The monoisotopic (exact) mass is 690 g/mol. The van der Waals surface area contributed by atoms with E-state index < -0.39 is 30.4 Å². The van der Waals surface area contributed by atoms with Gasteiger partial charge in [0.2, 0.25) is 0 Å². The molecule has 3 aromatic rings. The van der Waals surface area contributed by atoms with E-state index in [2.05, 4.69) is 36.4 Å². The molecule has 0 amide bonds. The van der Waals surface area contributed by atoms with Gasteiger partial charge in [-0.2, -0.15) is 16.8 Å². The molecule has 0 aliphatic heterocycles. The first kappa shape index (κ1) is 32.0. The number of esters is 1. The Labute approximate surface area is 283 Å². The van der Waals surface area contributed by atoms with Crippen molar-refractivity contribution in [3.8, 4) is 5.75 Å². The maximum atomic E-state index is 14.3. The smallest absolute Gasteiger partial charge is 0.315 e. The van der Waals surface area contributed by atoms with Crippen LogP contribution in [0.2, 0.25) is 0 Å². The van der Waals surface area contributed by atoms with Crippen LogP contribution in [0.1, 0.15) is 110 Å². The van der Waals surface area contributed by atoms with E-state index in [1.54, 1.807) is 20.8 Å². The number of rotatable bonds is 8. The summed E-state index contributed by atoms with van der Waals surface area (Å²) in [6.45, 7) is 5.33. The zero-order valence-corrected chi connectivity index (χ0v) is 29.1. The van der Waals surface area contributed by atoms with Crippen LogP contribution in [0.4, 0.5) is 0 Å². The average molecular weight is 691 g/mol. The van der Waals surface area contributed by atoms with Crippen molar-refractivity contribution >= 4 is 26.2 Å². The van der Waals surface area contributed by atoms with E-state index in [1.165, 1.54) is 34.4 Å². The minimum Gasteiger partial charge on any atom is -0.465 e. The molecule has 4 fully saturated rings. The molecule has 3 unspecified atom stereocenters. The summed E-state index contributed by atoms with van der Waals surface area (Å²) in [4.78, 5) is 13.8. The molecule has 6 bridgehead atoms. The Kier molecular flexibility index (Phi) is 7.27. The third kappa shape index (κ3) is 4.96. The van der Waals surface area contributed by atoms with Crippen LogP contribution in [0.15, 0.2) is 65.6 Å². The van der Waals surface area contributed by atoms with Crippen LogP contribution in [0.3, 0.4) is 0 Å². The minimum atomic E-state index is -4.51. The fourth-order valence-corrected chi connectivity index (χ4v) is 13.5. The standard InChI is InChI=1S/C38H42O8S2/c1-22(2)30-15-33(23(3)12-34(30)47(40,41)42)46-48(43,44)38-18-24-13-25(19-38)17-37(16-24,20-38)21-45-36(39)32-14-31-26-8-4-6-10-28(26)35(32)29-11-7-5-9-27(29)31/h4-12,15,22,24-25,31-32,35H,13-14,16-21H2,1-3H3,(H,40,41,42). The topological polar surface area (TPSA) is 124 Å². The molecule has 10 rings (SSSR count). The second kappa shape index (κ2) is 10.9. The van der Waals surface area contributed by atoms with Gasteiger partial charge in [0.1, 0.15) is 10.5 Å². The Morgan fingerprint density at radius 1 is 0.875 bits per heavy atom. The van der Waals surface area contributed by atoms with Crippen molar-refractivity contribution in [2.45, 2.75) is 93.1 Å². The molecule has 7 aliphatic rings. The molecule has 0 spiro atoms. The third-order valence-corrected chi connectivity index (χ3v) is 15.0. The zero-order valence-electron chi connectivity index (χ0n) is 27.5. The van der Waals surface area contributed by atoms with Gasteiger partial charge >= 0.3 is 16.1 Å². The van der Waals surface area contributed by atoms with E-state index in [4.69, 9.17) is 8.92 Å². The number of carbonyl (C=O) groups is 1. The maximum absolute atomic E-state index is 14.3. The summed E-state index contributed by atoms with van der Waals surface area (Å²) in [5, 5.41) is 0. The summed E-state index contributed by atoms with van der Waals surface area (Å²) in [6.07, 6.45) is 4.69. The van der Waals surface area contributed by atoms with Gasteiger partial charge in [-0.05, 0) is 115 Å². The minimum absolute atomic E-state index is 0.0578. The second-order valence-corrected chi connectivity index (χ2v) is 19.0. The highest BCUT2D eigenvalue weighted by Gasteiger charge is 2.64. The lowest BCUT2D eigenvalue weighted by atomic mass is 9.49. The second-order valence-electron chi connectivity index (χ2n) is 15.7. The highest BCUT2D eigenvalue weighted by molar-refractivity contribution is 7.88. The van der Waals surface area contributed by atoms with Crippen molar-refractivity contribution in [1.29, 1.82) is 0 Å².